The molecule has 158 valence electrons. The first kappa shape index (κ1) is 22.0. The molecule has 3 rings (SSSR count). The highest BCUT2D eigenvalue weighted by Gasteiger charge is 2.52. The molecule has 8 heteroatoms. The zero-order valence-electron chi connectivity index (χ0n) is 18.1. The molecule has 0 radical (unpaired) electrons. The van der Waals surface area contributed by atoms with Crippen LogP contribution in [-0.2, 0) is 20.7 Å². The molecule has 0 atom stereocenters. The van der Waals surface area contributed by atoms with Gasteiger partial charge in [0.25, 0.3) is 0 Å². The average molecular weight is 409 g/mol. The highest BCUT2D eigenvalue weighted by molar-refractivity contribution is 6.56. The van der Waals surface area contributed by atoms with E-state index in [1.165, 1.54) is 0 Å². The molecule has 0 spiro atoms. The molecule has 1 N–H and O–H groups in total. The summed E-state index contributed by atoms with van der Waals surface area (Å²) in [5.74, 6) is 0. The lowest BCUT2D eigenvalue weighted by Gasteiger charge is -2.32. The van der Waals surface area contributed by atoms with Gasteiger partial charge in [-0.05, 0) is 63.9 Å². The number of benzene rings is 1. The third kappa shape index (κ3) is 5.46. The van der Waals surface area contributed by atoms with E-state index in [4.69, 9.17) is 14.0 Å². The molecule has 2 heterocycles. The first-order valence-electron chi connectivity index (χ1n) is 9.97. The van der Waals surface area contributed by atoms with Crippen molar-refractivity contribution in [2.45, 2.75) is 52.4 Å². The molecule has 1 aromatic heterocycles. The number of aromatic nitrogens is 2. The second kappa shape index (κ2) is 8.98. The molecule has 1 fully saturated rings. The quantitative estimate of drug-likeness (QED) is 0.733. The molecule has 1 amide bonds. The van der Waals surface area contributed by atoms with Crippen LogP contribution in [0.4, 0.5) is 4.79 Å². The first-order valence-corrected chi connectivity index (χ1v) is 9.97. The maximum Gasteiger partial charge on any atom is 0.492 e. The lowest BCUT2D eigenvalue weighted by atomic mass is 9.77. The third-order valence-electron chi connectivity index (χ3n) is 5.36. The van der Waals surface area contributed by atoms with Crippen molar-refractivity contribution < 1.29 is 18.8 Å². The van der Waals surface area contributed by atoms with E-state index in [9.17, 15) is 4.79 Å². The normalized spacial score (nSPS) is 17.6. The highest BCUT2D eigenvalue weighted by atomic mass is 16.7. The number of amides is 1. The fourth-order valence-corrected chi connectivity index (χ4v) is 2.82. The van der Waals surface area contributed by atoms with Crippen LogP contribution in [0.5, 0.6) is 0 Å². The molecule has 1 aliphatic heterocycles. The molecule has 0 aliphatic carbocycles. The molecule has 7 nitrogen and oxygen atoms in total. The fraction of sp³-hybridized carbons (Fsp3) is 0.409. The number of aryl methyl sites for hydroxylation is 1. The summed E-state index contributed by atoms with van der Waals surface area (Å²) >= 11 is 0. The van der Waals surface area contributed by atoms with Gasteiger partial charge in [0.05, 0.1) is 22.6 Å². The van der Waals surface area contributed by atoms with Crippen LogP contribution in [0.1, 0.15) is 44.6 Å². The summed E-state index contributed by atoms with van der Waals surface area (Å²) in [6, 6.07) is 13.3. The average Bonchev–Trinajstić information content (AvgIpc) is 2.93. The second-order valence-electron chi connectivity index (χ2n) is 8.32. The van der Waals surface area contributed by atoms with Crippen molar-refractivity contribution >= 4 is 19.3 Å². The summed E-state index contributed by atoms with van der Waals surface area (Å²) in [6.45, 7) is 10.2. The van der Waals surface area contributed by atoms with Crippen molar-refractivity contribution in [1.29, 1.82) is 0 Å². The van der Waals surface area contributed by atoms with E-state index in [0.717, 1.165) is 16.7 Å². The fourth-order valence-electron chi connectivity index (χ4n) is 2.82. The van der Waals surface area contributed by atoms with Crippen LogP contribution in [0.25, 0.3) is 6.08 Å². The van der Waals surface area contributed by atoms with Gasteiger partial charge in [-0.15, -0.1) is 0 Å². The van der Waals surface area contributed by atoms with Crippen LogP contribution >= 0.6 is 0 Å². The summed E-state index contributed by atoms with van der Waals surface area (Å²) in [5, 5.41) is 11.0. The van der Waals surface area contributed by atoms with Gasteiger partial charge in [-0.2, -0.15) is 10.2 Å². The van der Waals surface area contributed by atoms with Crippen LogP contribution in [0, 0.1) is 6.92 Å². The van der Waals surface area contributed by atoms with Gasteiger partial charge in [-0.25, -0.2) is 4.79 Å². The molecule has 0 bridgehead atoms. The minimum Gasteiger partial charge on any atom is -0.445 e. The van der Waals surface area contributed by atoms with Crippen LogP contribution in [-0.4, -0.2) is 41.2 Å². The van der Waals surface area contributed by atoms with Gasteiger partial charge < -0.3 is 19.4 Å². The predicted octanol–water partition coefficient (Wildman–Crippen LogP) is 3.73. The van der Waals surface area contributed by atoms with E-state index in [0.29, 0.717) is 5.69 Å². The molecule has 1 aromatic carbocycles. The van der Waals surface area contributed by atoms with E-state index in [2.05, 4.69) is 15.5 Å². The van der Waals surface area contributed by atoms with Crippen molar-refractivity contribution in [2.24, 2.45) is 0 Å². The van der Waals surface area contributed by atoms with Crippen molar-refractivity contribution in [3.63, 3.8) is 0 Å². The standard InChI is InChI=1S/C22H28BN3O4/c1-16-11-12-19(26-25-16)13-18(23-29-21(2,3)22(4,5)30-23)14-24-20(27)28-15-17-9-7-6-8-10-17/h6-13H,14-15H2,1-5H3,(H,24,27). The molecule has 30 heavy (non-hydrogen) atoms. The minimum absolute atomic E-state index is 0.194. The maximum absolute atomic E-state index is 12.2. The molecule has 2 aromatic rings. The monoisotopic (exact) mass is 409 g/mol. The van der Waals surface area contributed by atoms with Gasteiger partial charge in [0.1, 0.15) is 6.61 Å². The molecule has 0 saturated carbocycles. The van der Waals surface area contributed by atoms with E-state index in [1.807, 2.05) is 83.2 Å². The van der Waals surface area contributed by atoms with E-state index < -0.39 is 24.4 Å². The summed E-state index contributed by atoms with van der Waals surface area (Å²) in [7, 11) is -0.618. The molecule has 1 saturated heterocycles. The molecular weight excluding hydrogens is 381 g/mol. The number of hydrogen-bond donors (Lipinski definition) is 1. The van der Waals surface area contributed by atoms with E-state index in [1.54, 1.807) is 0 Å². The minimum atomic E-state index is -0.618. The maximum atomic E-state index is 12.2. The SMILES string of the molecule is Cc1ccc(C=C(CNC(=O)OCc2ccccc2)B2OC(C)(C)C(C)(C)O2)nn1. The summed E-state index contributed by atoms with van der Waals surface area (Å²) in [6.07, 6.45) is 1.31. The van der Waals surface area contributed by atoms with Crippen LogP contribution in [0.15, 0.2) is 47.9 Å². The second-order valence-corrected chi connectivity index (χ2v) is 8.32. The van der Waals surface area contributed by atoms with E-state index >= 15 is 0 Å². The van der Waals surface area contributed by atoms with E-state index in [-0.39, 0.29) is 13.2 Å². The largest absolute Gasteiger partial charge is 0.492 e. The number of ether oxygens (including phenoxy) is 1. The number of alkyl carbamates (subject to hydrolysis) is 1. The van der Waals surface area contributed by atoms with Crippen molar-refractivity contribution in [1.82, 2.24) is 15.5 Å². The Morgan fingerprint density at radius 2 is 1.73 bits per heavy atom. The van der Waals surface area contributed by atoms with Gasteiger partial charge in [0, 0.05) is 6.54 Å². The summed E-state index contributed by atoms with van der Waals surface area (Å²) in [5.41, 5.74) is 2.14. The van der Waals surface area contributed by atoms with Gasteiger partial charge in [0.15, 0.2) is 0 Å². The van der Waals surface area contributed by atoms with Crippen LogP contribution in [0.3, 0.4) is 0 Å². The third-order valence-corrected chi connectivity index (χ3v) is 5.36. The Kier molecular flexibility index (Phi) is 6.58. The van der Waals surface area contributed by atoms with Gasteiger partial charge in [-0.3, -0.25) is 0 Å². The Hall–Kier alpha value is -2.71. The molecular formula is C22H28BN3O4. The van der Waals surface area contributed by atoms with Crippen LogP contribution in [0.2, 0.25) is 0 Å². The zero-order valence-corrected chi connectivity index (χ0v) is 18.1. The van der Waals surface area contributed by atoms with Crippen molar-refractivity contribution in [2.75, 3.05) is 6.54 Å². The zero-order chi connectivity index (χ0) is 21.8. The summed E-state index contributed by atoms with van der Waals surface area (Å²) in [4.78, 5) is 12.2. The number of carbonyl (C=O) groups is 1. The Balaban J connectivity index is 1.70. The number of nitrogens with zero attached hydrogens (tertiary/aromatic N) is 2. The van der Waals surface area contributed by atoms with Crippen LogP contribution < -0.4 is 5.32 Å². The Labute approximate surface area is 178 Å². The van der Waals surface area contributed by atoms with Gasteiger partial charge in [0.2, 0.25) is 0 Å². The smallest absolute Gasteiger partial charge is 0.445 e. The number of hydrogen-bond acceptors (Lipinski definition) is 6. The van der Waals surface area contributed by atoms with Crippen molar-refractivity contribution in [3.05, 3.63) is 64.9 Å². The first-order chi connectivity index (χ1) is 14.2. The summed E-state index contributed by atoms with van der Waals surface area (Å²) < 4.78 is 17.6. The topological polar surface area (TPSA) is 82.6 Å². The number of carbonyl (C=O) groups excluding carboxylic acids is 1. The van der Waals surface area contributed by atoms with Crippen molar-refractivity contribution in [3.8, 4) is 0 Å². The Morgan fingerprint density at radius 1 is 1.07 bits per heavy atom. The molecule has 1 aliphatic rings. The van der Waals surface area contributed by atoms with Gasteiger partial charge in [-0.1, -0.05) is 30.3 Å². The number of rotatable bonds is 6. The molecule has 0 unspecified atom stereocenters. The Bertz CT molecular complexity index is 882. The predicted molar refractivity (Wildman–Crippen MR) is 115 cm³/mol. The highest BCUT2D eigenvalue weighted by Crippen LogP contribution is 2.38. The lowest BCUT2D eigenvalue weighted by molar-refractivity contribution is 0.00578. The lowest BCUT2D eigenvalue weighted by Crippen LogP contribution is -2.41. The number of nitrogens with one attached hydrogen (secondary N) is 1. The van der Waals surface area contributed by atoms with Gasteiger partial charge >= 0.3 is 13.2 Å². The Morgan fingerprint density at radius 3 is 2.33 bits per heavy atom.